The van der Waals surface area contributed by atoms with Gasteiger partial charge in [-0.25, -0.2) is 0 Å². The van der Waals surface area contributed by atoms with E-state index in [4.69, 9.17) is 0 Å². The maximum Gasteiger partial charge on any atom is 0.237 e. The fourth-order valence-electron chi connectivity index (χ4n) is 3.15. The summed E-state index contributed by atoms with van der Waals surface area (Å²) < 4.78 is 0. The minimum Gasteiger partial charge on any atom is -0.352 e. The Morgan fingerprint density at radius 3 is 2.37 bits per heavy atom. The van der Waals surface area contributed by atoms with Crippen molar-refractivity contribution in [3.63, 3.8) is 0 Å². The van der Waals surface area contributed by atoms with E-state index >= 15 is 0 Å². The molecule has 1 atom stereocenters. The number of rotatable bonds is 4. The van der Waals surface area contributed by atoms with Crippen LogP contribution in [0.1, 0.15) is 32.6 Å². The first-order chi connectivity index (χ1) is 9.24. The van der Waals surface area contributed by atoms with Crippen molar-refractivity contribution in [2.24, 2.45) is 0 Å². The van der Waals surface area contributed by atoms with Crippen LogP contribution in [0, 0.1) is 0 Å². The van der Waals surface area contributed by atoms with E-state index in [1.165, 1.54) is 25.7 Å². The van der Waals surface area contributed by atoms with E-state index in [-0.39, 0.29) is 11.9 Å². The zero-order chi connectivity index (χ0) is 13.2. The third-order valence-electron chi connectivity index (χ3n) is 4.71. The van der Waals surface area contributed by atoms with Crippen LogP contribution in [-0.4, -0.2) is 60.0 Å². The Bertz CT molecular complexity index is 348. The van der Waals surface area contributed by atoms with Crippen molar-refractivity contribution in [3.8, 4) is 0 Å². The van der Waals surface area contributed by atoms with Gasteiger partial charge in [0, 0.05) is 38.3 Å². The van der Waals surface area contributed by atoms with E-state index in [0.29, 0.717) is 12.1 Å². The minimum absolute atomic E-state index is 0.0400. The van der Waals surface area contributed by atoms with Gasteiger partial charge < -0.3 is 5.32 Å². The molecule has 0 aromatic heterocycles. The standard InChI is InChI=1S/C15H25N3O/c1-12(15(19)16-13-4-5-13)17-10-6-14(7-11-17)18-8-2-3-9-18/h2-3,12-14H,4-11H2,1H3,(H,16,19)/t12-/m1/s1. The molecule has 0 bridgehead atoms. The molecule has 1 saturated carbocycles. The number of piperidine rings is 1. The van der Waals surface area contributed by atoms with Gasteiger partial charge in [0.25, 0.3) is 0 Å². The molecule has 19 heavy (non-hydrogen) atoms. The van der Waals surface area contributed by atoms with Crippen molar-refractivity contribution >= 4 is 5.91 Å². The summed E-state index contributed by atoms with van der Waals surface area (Å²) in [6, 6.07) is 1.23. The summed E-state index contributed by atoms with van der Waals surface area (Å²) in [6.07, 6.45) is 9.26. The van der Waals surface area contributed by atoms with Crippen LogP contribution in [0.25, 0.3) is 0 Å². The molecule has 2 heterocycles. The Morgan fingerprint density at radius 1 is 1.16 bits per heavy atom. The molecule has 0 radical (unpaired) electrons. The summed E-state index contributed by atoms with van der Waals surface area (Å²) in [5, 5.41) is 3.12. The fourth-order valence-corrected chi connectivity index (χ4v) is 3.15. The lowest BCUT2D eigenvalue weighted by Crippen LogP contribution is -2.51. The second-order valence-corrected chi connectivity index (χ2v) is 6.15. The molecule has 3 rings (SSSR count). The third-order valence-corrected chi connectivity index (χ3v) is 4.71. The Morgan fingerprint density at radius 2 is 1.79 bits per heavy atom. The van der Waals surface area contributed by atoms with Crippen molar-refractivity contribution in [2.45, 2.75) is 50.7 Å². The monoisotopic (exact) mass is 263 g/mol. The molecule has 1 aliphatic carbocycles. The van der Waals surface area contributed by atoms with E-state index in [1.807, 2.05) is 0 Å². The second-order valence-electron chi connectivity index (χ2n) is 6.15. The molecule has 1 amide bonds. The van der Waals surface area contributed by atoms with Crippen molar-refractivity contribution in [3.05, 3.63) is 12.2 Å². The summed E-state index contributed by atoms with van der Waals surface area (Å²) in [5.41, 5.74) is 0. The van der Waals surface area contributed by atoms with Crippen LogP contribution < -0.4 is 5.32 Å². The number of carbonyl (C=O) groups excluding carboxylic acids is 1. The quantitative estimate of drug-likeness (QED) is 0.768. The molecule has 106 valence electrons. The maximum absolute atomic E-state index is 12.1. The second kappa shape index (κ2) is 5.63. The molecule has 0 unspecified atom stereocenters. The topological polar surface area (TPSA) is 35.6 Å². The molecule has 0 spiro atoms. The molecule has 1 saturated heterocycles. The lowest BCUT2D eigenvalue weighted by atomic mass is 10.0. The van der Waals surface area contributed by atoms with Gasteiger partial charge in [-0.2, -0.15) is 0 Å². The van der Waals surface area contributed by atoms with Gasteiger partial charge in [-0.15, -0.1) is 0 Å². The van der Waals surface area contributed by atoms with Gasteiger partial charge in [0.05, 0.1) is 6.04 Å². The molecule has 4 heteroatoms. The number of likely N-dealkylation sites (tertiary alicyclic amines) is 1. The highest BCUT2D eigenvalue weighted by molar-refractivity contribution is 5.81. The molecule has 0 aromatic rings. The maximum atomic E-state index is 12.1. The van der Waals surface area contributed by atoms with Gasteiger partial charge >= 0.3 is 0 Å². The summed E-state index contributed by atoms with van der Waals surface area (Å²) >= 11 is 0. The van der Waals surface area contributed by atoms with Crippen molar-refractivity contribution in [1.29, 1.82) is 0 Å². The van der Waals surface area contributed by atoms with E-state index in [0.717, 1.165) is 26.2 Å². The van der Waals surface area contributed by atoms with Crippen LogP contribution in [0.3, 0.4) is 0 Å². The first-order valence-corrected chi connectivity index (χ1v) is 7.67. The van der Waals surface area contributed by atoms with Gasteiger partial charge in [0.1, 0.15) is 0 Å². The van der Waals surface area contributed by atoms with E-state index in [9.17, 15) is 4.79 Å². The van der Waals surface area contributed by atoms with Crippen LogP contribution in [0.4, 0.5) is 0 Å². The fraction of sp³-hybridized carbons (Fsp3) is 0.800. The molecular weight excluding hydrogens is 238 g/mol. The highest BCUT2D eigenvalue weighted by Crippen LogP contribution is 2.22. The van der Waals surface area contributed by atoms with Crippen molar-refractivity contribution in [1.82, 2.24) is 15.1 Å². The lowest BCUT2D eigenvalue weighted by molar-refractivity contribution is -0.126. The number of amides is 1. The predicted molar refractivity (Wildman–Crippen MR) is 75.9 cm³/mol. The molecule has 0 aromatic carbocycles. The first-order valence-electron chi connectivity index (χ1n) is 7.67. The van der Waals surface area contributed by atoms with Crippen LogP contribution in [0.15, 0.2) is 12.2 Å². The van der Waals surface area contributed by atoms with Crippen LogP contribution in [-0.2, 0) is 4.79 Å². The number of nitrogens with one attached hydrogen (secondary N) is 1. The normalized spacial score (nSPS) is 27.6. The molecule has 2 aliphatic heterocycles. The Labute approximate surface area is 115 Å². The number of hydrogen-bond donors (Lipinski definition) is 1. The minimum atomic E-state index is 0.0400. The van der Waals surface area contributed by atoms with Gasteiger partial charge in [0.15, 0.2) is 0 Å². The average molecular weight is 263 g/mol. The summed E-state index contributed by atoms with van der Waals surface area (Å²) in [7, 11) is 0. The highest BCUT2D eigenvalue weighted by atomic mass is 16.2. The zero-order valence-electron chi connectivity index (χ0n) is 11.8. The van der Waals surface area contributed by atoms with Crippen LogP contribution in [0.5, 0.6) is 0 Å². The molecule has 1 N–H and O–H groups in total. The Kier molecular flexibility index (Phi) is 3.89. The molecule has 2 fully saturated rings. The third kappa shape index (κ3) is 3.18. The summed E-state index contributed by atoms with van der Waals surface area (Å²) in [5.74, 6) is 0.226. The van der Waals surface area contributed by atoms with E-state index < -0.39 is 0 Å². The number of nitrogens with zero attached hydrogens (tertiary/aromatic N) is 2. The Balaban J connectivity index is 1.44. The van der Waals surface area contributed by atoms with Crippen molar-refractivity contribution < 1.29 is 4.79 Å². The van der Waals surface area contributed by atoms with Crippen LogP contribution in [0.2, 0.25) is 0 Å². The lowest BCUT2D eigenvalue weighted by Gasteiger charge is -2.38. The SMILES string of the molecule is C[C@H](C(=O)NC1CC1)N1CCC(N2CC=CC2)CC1. The van der Waals surface area contributed by atoms with E-state index in [1.54, 1.807) is 0 Å². The number of hydrogen-bond acceptors (Lipinski definition) is 3. The smallest absolute Gasteiger partial charge is 0.237 e. The van der Waals surface area contributed by atoms with E-state index in [2.05, 4.69) is 34.2 Å². The molecular formula is C15H25N3O. The highest BCUT2D eigenvalue weighted by Gasteiger charge is 2.31. The number of carbonyl (C=O) groups is 1. The van der Waals surface area contributed by atoms with Crippen LogP contribution >= 0.6 is 0 Å². The largest absolute Gasteiger partial charge is 0.352 e. The first kappa shape index (κ1) is 13.1. The average Bonchev–Trinajstić information content (AvgIpc) is 3.08. The van der Waals surface area contributed by atoms with Crippen molar-refractivity contribution in [2.75, 3.05) is 26.2 Å². The Hall–Kier alpha value is -0.870. The van der Waals surface area contributed by atoms with Gasteiger partial charge in [-0.05, 0) is 32.6 Å². The summed E-state index contributed by atoms with van der Waals surface area (Å²) in [6.45, 7) is 6.39. The molecule has 4 nitrogen and oxygen atoms in total. The zero-order valence-corrected chi connectivity index (χ0v) is 11.8. The predicted octanol–water partition coefficient (Wildman–Crippen LogP) is 0.990. The molecule has 3 aliphatic rings. The van der Waals surface area contributed by atoms with Gasteiger partial charge in [-0.1, -0.05) is 12.2 Å². The van der Waals surface area contributed by atoms with Gasteiger partial charge in [-0.3, -0.25) is 14.6 Å². The summed E-state index contributed by atoms with van der Waals surface area (Å²) in [4.78, 5) is 17.0. The van der Waals surface area contributed by atoms with Gasteiger partial charge in [0.2, 0.25) is 5.91 Å².